The fourth-order valence-corrected chi connectivity index (χ4v) is 1.51. The summed E-state index contributed by atoms with van der Waals surface area (Å²) in [5.41, 5.74) is 6.67. The van der Waals surface area contributed by atoms with E-state index in [0.29, 0.717) is 16.1 Å². The lowest BCUT2D eigenvalue weighted by Crippen LogP contribution is -1.92. The maximum absolute atomic E-state index is 13.2. The molecule has 5 heteroatoms. The first-order valence-electron chi connectivity index (χ1n) is 4.20. The van der Waals surface area contributed by atoms with Crippen LogP contribution in [0.25, 0.3) is 11.1 Å². The molecule has 0 aliphatic carbocycles. The van der Waals surface area contributed by atoms with Crippen LogP contribution in [0.3, 0.4) is 0 Å². The molecule has 0 fully saturated rings. The van der Waals surface area contributed by atoms with Crippen LogP contribution in [0.1, 0.15) is 0 Å². The van der Waals surface area contributed by atoms with Gasteiger partial charge in [-0.15, -0.1) is 0 Å². The van der Waals surface area contributed by atoms with E-state index in [1.54, 1.807) is 6.07 Å². The van der Waals surface area contributed by atoms with E-state index in [2.05, 4.69) is 10.2 Å². The van der Waals surface area contributed by atoms with Gasteiger partial charge in [0.1, 0.15) is 5.82 Å². The second-order valence-electron chi connectivity index (χ2n) is 2.98. The molecular weight excluding hydrogens is 217 g/mol. The molecule has 1 heterocycles. The van der Waals surface area contributed by atoms with E-state index >= 15 is 0 Å². The van der Waals surface area contributed by atoms with Gasteiger partial charge < -0.3 is 5.73 Å². The lowest BCUT2D eigenvalue weighted by molar-refractivity contribution is 0.633. The second kappa shape index (κ2) is 3.82. The van der Waals surface area contributed by atoms with Gasteiger partial charge in [0.2, 0.25) is 0 Å². The van der Waals surface area contributed by atoms with Crippen molar-refractivity contribution in [2.24, 2.45) is 0 Å². The first-order valence-corrected chi connectivity index (χ1v) is 4.58. The summed E-state index contributed by atoms with van der Waals surface area (Å²) < 4.78 is 13.2. The summed E-state index contributed by atoms with van der Waals surface area (Å²) in [6.45, 7) is 0. The number of rotatable bonds is 1. The predicted octanol–water partition coefficient (Wildman–Crippen LogP) is 2.52. The quantitative estimate of drug-likeness (QED) is 0.756. The van der Waals surface area contributed by atoms with Crippen LogP contribution < -0.4 is 5.73 Å². The van der Waals surface area contributed by atoms with Gasteiger partial charge in [-0.3, -0.25) is 0 Å². The lowest BCUT2D eigenvalue weighted by atomic mass is 10.1. The van der Waals surface area contributed by atoms with Crippen molar-refractivity contribution in [3.8, 4) is 11.1 Å². The molecule has 0 aliphatic heterocycles. The Kier molecular flexibility index (Phi) is 2.51. The van der Waals surface area contributed by atoms with E-state index < -0.39 is 5.82 Å². The Labute approximate surface area is 90.7 Å². The molecule has 0 atom stereocenters. The molecule has 0 aliphatic rings. The molecule has 0 radical (unpaired) electrons. The number of halogens is 2. The largest absolute Gasteiger partial charge is 0.396 e. The number of nitrogens with zero attached hydrogens (tertiary/aromatic N) is 2. The van der Waals surface area contributed by atoms with Gasteiger partial charge in [0, 0.05) is 11.1 Å². The number of benzene rings is 1. The highest BCUT2D eigenvalue weighted by Crippen LogP contribution is 2.30. The average molecular weight is 224 g/mol. The molecule has 0 unspecified atom stereocenters. The van der Waals surface area contributed by atoms with Crippen LogP contribution in [-0.2, 0) is 0 Å². The molecule has 1 aromatic heterocycles. The van der Waals surface area contributed by atoms with Crippen LogP contribution in [0, 0.1) is 5.82 Å². The first kappa shape index (κ1) is 9.86. The van der Waals surface area contributed by atoms with Crippen LogP contribution in [-0.4, -0.2) is 10.2 Å². The molecular formula is C10H7ClFN3. The van der Waals surface area contributed by atoms with E-state index in [0.717, 1.165) is 0 Å². The smallest absolute Gasteiger partial charge is 0.146 e. The third-order valence-corrected chi connectivity index (χ3v) is 2.29. The summed E-state index contributed by atoms with van der Waals surface area (Å²) in [7, 11) is 0. The standard InChI is InChI=1S/C10H7ClFN3/c11-8-4-10(13)9(12)3-7(8)6-1-2-14-15-5-6/h1-5H,13H2. The fraction of sp³-hybridized carbons (Fsp3) is 0. The van der Waals surface area contributed by atoms with Crippen LogP contribution in [0.2, 0.25) is 5.02 Å². The van der Waals surface area contributed by atoms with Crippen molar-refractivity contribution < 1.29 is 4.39 Å². The molecule has 2 rings (SSSR count). The summed E-state index contributed by atoms with van der Waals surface area (Å²) in [5, 5.41) is 7.71. The Bertz CT molecular complexity index is 488. The number of hydrogen-bond acceptors (Lipinski definition) is 3. The predicted molar refractivity (Wildman–Crippen MR) is 56.8 cm³/mol. The van der Waals surface area contributed by atoms with Gasteiger partial charge in [-0.2, -0.15) is 10.2 Å². The van der Waals surface area contributed by atoms with Crippen molar-refractivity contribution in [3.05, 3.63) is 41.4 Å². The first-order chi connectivity index (χ1) is 7.18. The van der Waals surface area contributed by atoms with E-state index in [1.807, 2.05) is 0 Å². The number of aromatic nitrogens is 2. The van der Waals surface area contributed by atoms with Crippen molar-refractivity contribution in [1.82, 2.24) is 10.2 Å². The summed E-state index contributed by atoms with van der Waals surface area (Å²) >= 11 is 5.94. The number of nitrogen functional groups attached to an aromatic ring is 1. The van der Waals surface area contributed by atoms with Crippen molar-refractivity contribution in [2.45, 2.75) is 0 Å². The van der Waals surface area contributed by atoms with Crippen molar-refractivity contribution >= 4 is 17.3 Å². The highest BCUT2D eigenvalue weighted by atomic mass is 35.5. The number of nitrogens with two attached hydrogens (primary N) is 1. The average Bonchev–Trinajstić information content (AvgIpc) is 2.25. The molecule has 76 valence electrons. The van der Waals surface area contributed by atoms with E-state index in [-0.39, 0.29) is 5.69 Å². The zero-order valence-electron chi connectivity index (χ0n) is 7.61. The Morgan fingerprint density at radius 2 is 2.07 bits per heavy atom. The maximum atomic E-state index is 13.2. The normalized spacial score (nSPS) is 10.3. The Hall–Kier alpha value is -1.68. The molecule has 3 nitrogen and oxygen atoms in total. The molecule has 15 heavy (non-hydrogen) atoms. The van der Waals surface area contributed by atoms with Gasteiger partial charge in [-0.1, -0.05) is 11.6 Å². The van der Waals surface area contributed by atoms with Gasteiger partial charge in [-0.05, 0) is 18.2 Å². The Balaban J connectivity index is 2.59. The van der Waals surface area contributed by atoms with Gasteiger partial charge in [0.25, 0.3) is 0 Å². The molecule has 0 spiro atoms. The summed E-state index contributed by atoms with van der Waals surface area (Å²) in [5.74, 6) is -0.494. The van der Waals surface area contributed by atoms with Crippen LogP contribution in [0.5, 0.6) is 0 Å². The van der Waals surface area contributed by atoms with Crippen LogP contribution >= 0.6 is 11.6 Å². The molecule has 2 N–H and O–H groups in total. The molecule has 0 bridgehead atoms. The highest BCUT2D eigenvalue weighted by Gasteiger charge is 2.08. The second-order valence-corrected chi connectivity index (χ2v) is 3.39. The third-order valence-electron chi connectivity index (χ3n) is 1.98. The van der Waals surface area contributed by atoms with Gasteiger partial charge in [0.05, 0.1) is 23.1 Å². The highest BCUT2D eigenvalue weighted by molar-refractivity contribution is 6.33. The molecule has 1 aromatic carbocycles. The molecule has 0 amide bonds. The van der Waals surface area contributed by atoms with Crippen molar-refractivity contribution in [2.75, 3.05) is 5.73 Å². The monoisotopic (exact) mass is 223 g/mol. The maximum Gasteiger partial charge on any atom is 0.146 e. The number of hydrogen-bond donors (Lipinski definition) is 1. The molecule has 0 saturated heterocycles. The van der Waals surface area contributed by atoms with Crippen LogP contribution in [0.4, 0.5) is 10.1 Å². The molecule has 2 aromatic rings. The summed E-state index contributed by atoms with van der Waals surface area (Å²) in [6, 6.07) is 4.37. The SMILES string of the molecule is Nc1cc(Cl)c(-c2ccnnc2)cc1F. The summed E-state index contributed by atoms with van der Waals surface area (Å²) in [4.78, 5) is 0. The minimum Gasteiger partial charge on any atom is -0.396 e. The molecule has 0 saturated carbocycles. The lowest BCUT2D eigenvalue weighted by Gasteiger charge is -2.05. The van der Waals surface area contributed by atoms with Crippen LogP contribution in [0.15, 0.2) is 30.6 Å². The Morgan fingerprint density at radius 3 is 2.73 bits per heavy atom. The van der Waals surface area contributed by atoms with Crippen molar-refractivity contribution in [3.63, 3.8) is 0 Å². The fourth-order valence-electron chi connectivity index (χ4n) is 1.23. The van der Waals surface area contributed by atoms with E-state index in [1.165, 1.54) is 24.5 Å². The summed E-state index contributed by atoms with van der Waals surface area (Å²) in [6.07, 6.45) is 3.02. The third kappa shape index (κ3) is 1.89. The van der Waals surface area contributed by atoms with Crippen molar-refractivity contribution in [1.29, 1.82) is 0 Å². The van der Waals surface area contributed by atoms with E-state index in [4.69, 9.17) is 17.3 Å². The van der Waals surface area contributed by atoms with Gasteiger partial charge in [-0.25, -0.2) is 4.39 Å². The topological polar surface area (TPSA) is 51.8 Å². The minimum atomic E-state index is -0.494. The van der Waals surface area contributed by atoms with E-state index in [9.17, 15) is 4.39 Å². The Morgan fingerprint density at radius 1 is 1.27 bits per heavy atom. The van der Waals surface area contributed by atoms with Gasteiger partial charge >= 0.3 is 0 Å². The van der Waals surface area contributed by atoms with Gasteiger partial charge in [0.15, 0.2) is 0 Å². The zero-order valence-corrected chi connectivity index (χ0v) is 8.37. The minimum absolute atomic E-state index is 0.0331. The number of anilines is 1. The zero-order chi connectivity index (χ0) is 10.8.